The molecule has 2 aromatic heterocycles. The number of halogens is 1. The van der Waals surface area contributed by atoms with Crippen LogP contribution in [0.4, 0.5) is 15.3 Å². The number of methoxy groups -OCH3 is 1. The molecule has 1 fully saturated rings. The average Bonchev–Trinajstić information content (AvgIpc) is 3.17. The molecule has 0 spiro atoms. The van der Waals surface area contributed by atoms with E-state index in [4.69, 9.17) is 14.2 Å². The number of nitrogens with zero attached hydrogens (tertiary/aromatic N) is 4. The summed E-state index contributed by atoms with van der Waals surface area (Å²) in [4.78, 5) is 33.7. The Morgan fingerprint density at radius 1 is 0.895 bits per heavy atom. The van der Waals surface area contributed by atoms with Gasteiger partial charge in [0.25, 0.3) is 0 Å². The number of fused-ring (bicyclic) bond motifs is 1. The second-order valence-corrected chi connectivity index (χ2v) is 12.4. The molecule has 4 rings (SSSR count). The standard InChI is InChI=1S/C28H35IN4O5/c1-27(2,3)37-25(34)32-12-10-31(11-13-32)22-9-8-18(15-23(22)36-7)19-14-20-21(29)17-33(24(20)30-16-19)26(35)38-28(4,5)6/h8-9,14-17H,10-13H2,1-7H3. The smallest absolute Gasteiger partial charge is 0.420 e. The fourth-order valence-corrected chi connectivity index (χ4v) is 4.93. The van der Waals surface area contributed by atoms with Gasteiger partial charge in [-0.25, -0.2) is 19.1 Å². The Morgan fingerprint density at radius 3 is 2.13 bits per heavy atom. The quantitative estimate of drug-likeness (QED) is 0.319. The van der Waals surface area contributed by atoms with Crippen LogP contribution in [0.5, 0.6) is 5.75 Å². The number of anilines is 1. The van der Waals surface area contributed by atoms with Crippen LogP contribution in [0.2, 0.25) is 0 Å². The number of hydrogen-bond donors (Lipinski definition) is 0. The summed E-state index contributed by atoms with van der Waals surface area (Å²) in [5.74, 6) is 0.745. The van der Waals surface area contributed by atoms with E-state index in [0.29, 0.717) is 31.8 Å². The van der Waals surface area contributed by atoms with Crippen molar-refractivity contribution in [2.24, 2.45) is 0 Å². The minimum Gasteiger partial charge on any atom is -0.495 e. The lowest BCUT2D eigenvalue weighted by atomic mass is 10.0. The molecule has 1 amide bonds. The highest BCUT2D eigenvalue weighted by Gasteiger charge is 2.27. The van der Waals surface area contributed by atoms with Gasteiger partial charge in [-0.15, -0.1) is 0 Å². The van der Waals surface area contributed by atoms with Crippen molar-refractivity contribution in [2.75, 3.05) is 38.2 Å². The fourth-order valence-electron chi connectivity index (χ4n) is 4.25. The van der Waals surface area contributed by atoms with Crippen LogP contribution < -0.4 is 9.64 Å². The van der Waals surface area contributed by atoms with Crippen LogP contribution in [0.1, 0.15) is 41.5 Å². The third-order valence-electron chi connectivity index (χ3n) is 5.97. The number of carbonyl (C=O) groups is 2. The van der Waals surface area contributed by atoms with E-state index in [2.05, 4.69) is 32.5 Å². The Kier molecular flexibility index (Phi) is 7.83. The number of pyridine rings is 1. The number of carbonyl (C=O) groups excluding carboxylic acids is 2. The van der Waals surface area contributed by atoms with E-state index in [9.17, 15) is 9.59 Å². The van der Waals surface area contributed by atoms with Gasteiger partial charge in [0, 0.05) is 53.1 Å². The Balaban J connectivity index is 1.54. The minimum absolute atomic E-state index is 0.280. The molecule has 0 saturated carbocycles. The first-order chi connectivity index (χ1) is 17.8. The molecule has 1 aliphatic rings. The first kappa shape index (κ1) is 28.0. The molecule has 0 atom stereocenters. The van der Waals surface area contributed by atoms with Crippen molar-refractivity contribution in [2.45, 2.75) is 52.7 Å². The van der Waals surface area contributed by atoms with Gasteiger partial charge in [0.2, 0.25) is 0 Å². The number of piperazine rings is 1. The van der Waals surface area contributed by atoms with Gasteiger partial charge in [-0.1, -0.05) is 6.07 Å². The molecule has 10 heteroatoms. The molecular formula is C28H35IN4O5. The molecular weight excluding hydrogens is 599 g/mol. The van der Waals surface area contributed by atoms with E-state index in [1.165, 1.54) is 4.57 Å². The van der Waals surface area contributed by atoms with Gasteiger partial charge in [-0.05, 0) is 87.9 Å². The third-order valence-corrected chi connectivity index (χ3v) is 6.83. The summed E-state index contributed by atoms with van der Waals surface area (Å²) < 4.78 is 19.2. The number of amides is 1. The molecule has 0 radical (unpaired) electrons. The molecule has 1 saturated heterocycles. The predicted molar refractivity (Wildman–Crippen MR) is 156 cm³/mol. The maximum atomic E-state index is 12.7. The summed E-state index contributed by atoms with van der Waals surface area (Å²) >= 11 is 2.21. The highest BCUT2D eigenvalue weighted by Crippen LogP contribution is 2.35. The van der Waals surface area contributed by atoms with Crippen molar-refractivity contribution in [3.63, 3.8) is 0 Å². The SMILES string of the molecule is COc1cc(-c2cnc3c(c2)c(I)cn3C(=O)OC(C)(C)C)ccc1N1CCN(C(=O)OC(C)(C)C)CC1. The summed E-state index contributed by atoms with van der Waals surface area (Å²) in [7, 11) is 1.66. The fraction of sp³-hybridized carbons (Fsp3) is 0.464. The van der Waals surface area contributed by atoms with E-state index in [1.54, 1.807) is 24.4 Å². The summed E-state index contributed by atoms with van der Waals surface area (Å²) in [6.07, 6.45) is 2.77. The number of hydrogen-bond acceptors (Lipinski definition) is 7. The maximum Gasteiger partial charge on any atom is 0.420 e. The van der Waals surface area contributed by atoms with E-state index in [1.807, 2.05) is 65.8 Å². The molecule has 204 valence electrons. The van der Waals surface area contributed by atoms with E-state index in [-0.39, 0.29) is 6.09 Å². The van der Waals surface area contributed by atoms with Crippen molar-refractivity contribution < 1.29 is 23.8 Å². The maximum absolute atomic E-state index is 12.7. The molecule has 3 heterocycles. The Bertz CT molecular complexity index is 1350. The molecule has 38 heavy (non-hydrogen) atoms. The zero-order valence-electron chi connectivity index (χ0n) is 23.0. The van der Waals surface area contributed by atoms with E-state index in [0.717, 1.165) is 31.5 Å². The summed E-state index contributed by atoms with van der Waals surface area (Å²) in [6.45, 7) is 13.6. The van der Waals surface area contributed by atoms with Crippen LogP contribution >= 0.6 is 22.6 Å². The molecule has 0 aliphatic carbocycles. The highest BCUT2D eigenvalue weighted by atomic mass is 127. The molecule has 0 N–H and O–H groups in total. The lowest BCUT2D eigenvalue weighted by molar-refractivity contribution is 0.0240. The van der Waals surface area contributed by atoms with E-state index < -0.39 is 17.3 Å². The van der Waals surface area contributed by atoms with Crippen molar-refractivity contribution in [1.82, 2.24) is 14.5 Å². The van der Waals surface area contributed by atoms with Crippen molar-refractivity contribution in [3.05, 3.63) is 40.2 Å². The molecule has 0 bridgehead atoms. The predicted octanol–water partition coefficient (Wildman–Crippen LogP) is 6.16. The normalized spacial score (nSPS) is 14.5. The molecule has 9 nitrogen and oxygen atoms in total. The van der Waals surface area contributed by atoms with Crippen LogP contribution in [-0.2, 0) is 9.47 Å². The lowest BCUT2D eigenvalue weighted by Gasteiger charge is -2.37. The van der Waals surface area contributed by atoms with Crippen LogP contribution in [0, 0.1) is 3.57 Å². The molecule has 3 aromatic rings. The molecule has 1 aliphatic heterocycles. The third kappa shape index (κ3) is 6.33. The monoisotopic (exact) mass is 634 g/mol. The first-order valence-corrected chi connectivity index (χ1v) is 13.6. The molecule has 1 aromatic carbocycles. The van der Waals surface area contributed by atoms with Gasteiger partial charge in [0.1, 0.15) is 17.0 Å². The van der Waals surface area contributed by atoms with Gasteiger partial charge >= 0.3 is 12.2 Å². The summed E-state index contributed by atoms with van der Waals surface area (Å²) in [5, 5.41) is 0.871. The number of aromatic nitrogens is 2. The number of benzene rings is 1. The zero-order chi connectivity index (χ0) is 27.8. The minimum atomic E-state index is -0.597. The first-order valence-electron chi connectivity index (χ1n) is 12.6. The summed E-state index contributed by atoms with van der Waals surface area (Å²) in [6, 6.07) is 8.10. The topological polar surface area (TPSA) is 86.1 Å². The van der Waals surface area contributed by atoms with Crippen molar-refractivity contribution in [1.29, 1.82) is 0 Å². The zero-order valence-corrected chi connectivity index (χ0v) is 25.2. The highest BCUT2D eigenvalue weighted by molar-refractivity contribution is 14.1. The summed E-state index contributed by atoms with van der Waals surface area (Å²) in [5.41, 5.74) is 2.28. The van der Waals surface area contributed by atoms with Crippen LogP contribution in [-0.4, -0.2) is 71.1 Å². The second-order valence-electron chi connectivity index (χ2n) is 11.3. The van der Waals surface area contributed by atoms with Gasteiger partial charge in [-0.2, -0.15) is 0 Å². The second kappa shape index (κ2) is 10.6. The van der Waals surface area contributed by atoms with Crippen LogP contribution in [0.15, 0.2) is 36.7 Å². The average molecular weight is 635 g/mol. The van der Waals surface area contributed by atoms with Crippen LogP contribution in [0.3, 0.4) is 0 Å². The Hall–Kier alpha value is -3.02. The molecule has 0 unspecified atom stereocenters. The van der Waals surface area contributed by atoms with E-state index >= 15 is 0 Å². The largest absolute Gasteiger partial charge is 0.495 e. The van der Waals surface area contributed by atoms with Gasteiger partial charge < -0.3 is 24.0 Å². The Morgan fingerprint density at radius 2 is 1.53 bits per heavy atom. The number of ether oxygens (including phenoxy) is 3. The van der Waals surface area contributed by atoms with Gasteiger partial charge in [0.05, 0.1) is 12.8 Å². The van der Waals surface area contributed by atoms with Gasteiger partial charge in [0.15, 0.2) is 5.65 Å². The van der Waals surface area contributed by atoms with Crippen molar-refractivity contribution in [3.8, 4) is 16.9 Å². The van der Waals surface area contributed by atoms with Crippen molar-refractivity contribution >= 4 is 51.5 Å². The van der Waals surface area contributed by atoms with Gasteiger partial charge in [-0.3, -0.25) is 0 Å². The number of rotatable bonds is 3. The van der Waals surface area contributed by atoms with Crippen LogP contribution in [0.25, 0.3) is 22.2 Å². The Labute approximate surface area is 237 Å². The lowest BCUT2D eigenvalue weighted by Crippen LogP contribution is -2.50.